The van der Waals surface area contributed by atoms with Gasteiger partial charge in [0, 0.05) is 5.56 Å². The van der Waals surface area contributed by atoms with Crippen LogP contribution in [-0.2, 0) is 28.8 Å². The van der Waals surface area contributed by atoms with Gasteiger partial charge in [-0.2, -0.15) is 5.10 Å². The molecule has 0 atom stereocenters. The van der Waals surface area contributed by atoms with E-state index in [2.05, 4.69) is 14.9 Å². The summed E-state index contributed by atoms with van der Waals surface area (Å²) in [5.74, 6) is -0.327. The molecule has 0 amide bonds. The van der Waals surface area contributed by atoms with Crippen molar-refractivity contribution in [2.24, 2.45) is 0 Å². The van der Waals surface area contributed by atoms with Crippen molar-refractivity contribution in [2.75, 3.05) is 7.11 Å². The lowest BCUT2D eigenvalue weighted by atomic mass is 9.91. The molecule has 2 rings (SSSR count). The maximum atomic E-state index is 11.5. The molecule has 1 aromatic heterocycles. The van der Waals surface area contributed by atoms with Gasteiger partial charge in [-0.25, -0.2) is 5.10 Å². The molecule has 0 spiro atoms. The van der Waals surface area contributed by atoms with Gasteiger partial charge < -0.3 is 4.74 Å². The van der Waals surface area contributed by atoms with E-state index in [4.69, 9.17) is 0 Å². The Balaban J connectivity index is 2.39. The molecule has 0 fully saturated rings. The molecule has 0 aromatic carbocycles. The zero-order valence-corrected chi connectivity index (χ0v) is 9.21. The van der Waals surface area contributed by atoms with E-state index in [9.17, 15) is 9.59 Å². The molecule has 5 nitrogen and oxygen atoms in total. The van der Waals surface area contributed by atoms with Crippen LogP contribution in [-0.4, -0.2) is 23.3 Å². The second-order valence-electron chi connectivity index (χ2n) is 3.92. The predicted octanol–water partition coefficient (Wildman–Crippen LogP) is 0.364. The lowest BCUT2D eigenvalue weighted by molar-refractivity contribution is -0.139. The monoisotopic (exact) mass is 222 g/mol. The van der Waals surface area contributed by atoms with Crippen LogP contribution in [0.4, 0.5) is 0 Å². The molecular formula is C11H14N2O3. The summed E-state index contributed by atoms with van der Waals surface area (Å²) in [7, 11) is 1.35. The normalized spacial score (nSPS) is 14.3. The zero-order chi connectivity index (χ0) is 11.5. The van der Waals surface area contributed by atoms with Crippen LogP contribution < -0.4 is 5.56 Å². The van der Waals surface area contributed by atoms with Crippen LogP contribution in [0.25, 0.3) is 0 Å². The van der Waals surface area contributed by atoms with Gasteiger partial charge in [-0.1, -0.05) is 0 Å². The average molecular weight is 222 g/mol. The van der Waals surface area contributed by atoms with E-state index in [-0.39, 0.29) is 17.9 Å². The van der Waals surface area contributed by atoms with Crippen molar-refractivity contribution >= 4 is 5.97 Å². The maximum absolute atomic E-state index is 11.5. The van der Waals surface area contributed by atoms with Gasteiger partial charge in [0.15, 0.2) is 0 Å². The SMILES string of the molecule is COC(=O)Cc1n[nH]c(=O)c2c1CCCC2. The Morgan fingerprint density at radius 2 is 2.06 bits per heavy atom. The number of rotatable bonds is 2. The molecule has 5 heteroatoms. The van der Waals surface area contributed by atoms with Gasteiger partial charge in [0.05, 0.1) is 19.2 Å². The molecule has 1 aliphatic rings. The Morgan fingerprint density at radius 3 is 2.75 bits per heavy atom. The molecule has 86 valence electrons. The standard InChI is InChI=1S/C11H14N2O3/c1-16-10(14)6-9-7-4-2-3-5-8(7)11(15)13-12-9/h2-6H2,1H3,(H,13,15). The predicted molar refractivity (Wildman–Crippen MR) is 57.2 cm³/mol. The minimum atomic E-state index is -0.327. The minimum absolute atomic E-state index is 0.122. The number of esters is 1. The molecule has 1 N–H and O–H groups in total. The second kappa shape index (κ2) is 4.47. The molecule has 1 aliphatic carbocycles. The van der Waals surface area contributed by atoms with Gasteiger partial charge in [0.2, 0.25) is 0 Å². The number of carbonyl (C=O) groups excluding carboxylic acids is 1. The fourth-order valence-electron chi connectivity index (χ4n) is 2.08. The third-order valence-electron chi connectivity index (χ3n) is 2.92. The zero-order valence-electron chi connectivity index (χ0n) is 9.21. The highest BCUT2D eigenvalue weighted by atomic mass is 16.5. The summed E-state index contributed by atoms with van der Waals surface area (Å²) in [6.45, 7) is 0. The third kappa shape index (κ3) is 1.98. The highest BCUT2D eigenvalue weighted by Crippen LogP contribution is 2.20. The summed E-state index contributed by atoms with van der Waals surface area (Å²) in [5, 5.41) is 6.39. The van der Waals surface area contributed by atoms with Crippen molar-refractivity contribution in [1.29, 1.82) is 0 Å². The first-order valence-electron chi connectivity index (χ1n) is 5.38. The average Bonchev–Trinajstić information content (AvgIpc) is 2.33. The lowest BCUT2D eigenvalue weighted by Crippen LogP contribution is -2.24. The largest absolute Gasteiger partial charge is 0.469 e. The minimum Gasteiger partial charge on any atom is -0.469 e. The fourth-order valence-corrected chi connectivity index (χ4v) is 2.08. The van der Waals surface area contributed by atoms with Crippen molar-refractivity contribution in [1.82, 2.24) is 10.2 Å². The number of nitrogens with one attached hydrogen (secondary N) is 1. The molecule has 0 radical (unpaired) electrons. The molecule has 0 saturated carbocycles. The van der Waals surface area contributed by atoms with E-state index in [1.165, 1.54) is 7.11 Å². The lowest BCUT2D eigenvalue weighted by Gasteiger charge is -2.16. The molecular weight excluding hydrogens is 208 g/mol. The van der Waals surface area contributed by atoms with Crippen LogP contribution in [0.3, 0.4) is 0 Å². The first-order chi connectivity index (χ1) is 7.72. The molecule has 1 aromatic rings. The van der Waals surface area contributed by atoms with E-state index in [1.54, 1.807) is 0 Å². The summed E-state index contributed by atoms with van der Waals surface area (Å²) in [6, 6.07) is 0. The Morgan fingerprint density at radius 1 is 1.38 bits per heavy atom. The van der Waals surface area contributed by atoms with Crippen LogP contribution in [0.5, 0.6) is 0 Å². The number of aromatic nitrogens is 2. The topological polar surface area (TPSA) is 72.0 Å². The Bertz CT molecular complexity index is 465. The smallest absolute Gasteiger partial charge is 0.311 e. The van der Waals surface area contributed by atoms with Crippen LogP contribution in [0, 0.1) is 0 Å². The van der Waals surface area contributed by atoms with E-state index in [0.29, 0.717) is 5.69 Å². The Hall–Kier alpha value is -1.65. The number of aromatic amines is 1. The van der Waals surface area contributed by atoms with E-state index >= 15 is 0 Å². The number of fused-ring (bicyclic) bond motifs is 1. The van der Waals surface area contributed by atoms with Gasteiger partial charge in [0.1, 0.15) is 0 Å². The summed E-state index contributed by atoms with van der Waals surface area (Å²) >= 11 is 0. The van der Waals surface area contributed by atoms with Crippen LogP contribution in [0.2, 0.25) is 0 Å². The van der Waals surface area contributed by atoms with Crippen molar-refractivity contribution in [3.63, 3.8) is 0 Å². The van der Waals surface area contributed by atoms with Crippen molar-refractivity contribution < 1.29 is 9.53 Å². The fraction of sp³-hybridized carbons (Fsp3) is 0.545. The Labute approximate surface area is 92.8 Å². The maximum Gasteiger partial charge on any atom is 0.311 e. The van der Waals surface area contributed by atoms with Crippen LogP contribution in [0.15, 0.2) is 4.79 Å². The molecule has 16 heavy (non-hydrogen) atoms. The number of nitrogens with zero attached hydrogens (tertiary/aromatic N) is 1. The number of methoxy groups -OCH3 is 1. The van der Waals surface area contributed by atoms with Crippen LogP contribution in [0.1, 0.15) is 29.7 Å². The van der Waals surface area contributed by atoms with E-state index in [1.807, 2.05) is 0 Å². The summed E-state index contributed by atoms with van der Waals surface area (Å²) in [5.41, 5.74) is 2.27. The first-order valence-corrected chi connectivity index (χ1v) is 5.38. The summed E-state index contributed by atoms with van der Waals surface area (Å²) in [4.78, 5) is 22.7. The third-order valence-corrected chi connectivity index (χ3v) is 2.92. The van der Waals surface area contributed by atoms with Crippen molar-refractivity contribution in [2.45, 2.75) is 32.1 Å². The molecule has 0 aliphatic heterocycles. The second-order valence-corrected chi connectivity index (χ2v) is 3.92. The highest BCUT2D eigenvalue weighted by molar-refractivity contribution is 5.72. The number of carbonyl (C=O) groups is 1. The number of ether oxygens (including phenoxy) is 1. The molecule has 1 heterocycles. The van der Waals surface area contributed by atoms with Gasteiger partial charge in [-0.3, -0.25) is 9.59 Å². The summed E-state index contributed by atoms with van der Waals surface area (Å²) in [6.07, 6.45) is 3.82. The van der Waals surface area contributed by atoms with E-state index < -0.39 is 0 Å². The van der Waals surface area contributed by atoms with Gasteiger partial charge in [-0.05, 0) is 31.2 Å². The molecule has 0 unspecified atom stereocenters. The highest BCUT2D eigenvalue weighted by Gasteiger charge is 2.19. The van der Waals surface area contributed by atoms with Gasteiger partial charge >= 0.3 is 5.97 Å². The number of hydrogen-bond donors (Lipinski definition) is 1. The van der Waals surface area contributed by atoms with E-state index in [0.717, 1.165) is 36.8 Å². The number of H-pyrrole nitrogens is 1. The number of hydrogen-bond acceptors (Lipinski definition) is 4. The first kappa shape index (κ1) is 10.9. The molecule has 0 bridgehead atoms. The van der Waals surface area contributed by atoms with Crippen LogP contribution >= 0.6 is 0 Å². The van der Waals surface area contributed by atoms with Gasteiger partial charge in [-0.15, -0.1) is 0 Å². The quantitative estimate of drug-likeness (QED) is 0.733. The summed E-state index contributed by atoms with van der Waals surface area (Å²) < 4.78 is 4.60. The van der Waals surface area contributed by atoms with Crippen molar-refractivity contribution in [3.8, 4) is 0 Å². The molecule has 0 saturated heterocycles. The van der Waals surface area contributed by atoms with Crippen molar-refractivity contribution in [3.05, 3.63) is 27.2 Å². The Kier molecular flexibility index (Phi) is 3.03. The van der Waals surface area contributed by atoms with Gasteiger partial charge in [0.25, 0.3) is 5.56 Å².